The third kappa shape index (κ3) is 3.39. The lowest BCUT2D eigenvalue weighted by Crippen LogP contribution is -2.54. The molecule has 1 amide bonds. The van der Waals surface area contributed by atoms with Crippen molar-refractivity contribution >= 4 is 18.3 Å². The summed E-state index contributed by atoms with van der Waals surface area (Å²) in [6, 6.07) is 0. The Hall–Kier alpha value is -0.280. The Balaban J connectivity index is 0.00000161. The summed E-state index contributed by atoms with van der Waals surface area (Å²) >= 11 is 0. The minimum Gasteiger partial charge on any atom is -0.354 e. The third-order valence-corrected chi connectivity index (χ3v) is 6.13. The van der Waals surface area contributed by atoms with E-state index in [2.05, 4.69) is 24.1 Å². The lowest BCUT2D eigenvalue weighted by molar-refractivity contribution is -0.146. The van der Waals surface area contributed by atoms with E-state index < -0.39 is 0 Å². The summed E-state index contributed by atoms with van der Waals surface area (Å²) in [5, 5.41) is 3.26. The number of carbonyl (C=O) groups excluding carboxylic acids is 1. The maximum Gasteiger partial charge on any atom is 0.226 e. The number of nitrogens with one attached hydrogen (secondary N) is 1. The molecule has 4 aliphatic carbocycles. The molecule has 21 heavy (non-hydrogen) atoms. The van der Waals surface area contributed by atoms with Crippen LogP contribution in [0.25, 0.3) is 0 Å². The Morgan fingerprint density at radius 1 is 1.05 bits per heavy atom. The van der Waals surface area contributed by atoms with Crippen molar-refractivity contribution in [3.05, 3.63) is 0 Å². The molecule has 0 spiro atoms. The average molecular weight is 315 g/mol. The monoisotopic (exact) mass is 314 g/mol. The second-order valence-corrected chi connectivity index (χ2v) is 7.48. The van der Waals surface area contributed by atoms with Gasteiger partial charge in [-0.1, -0.05) is 13.8 Å². The van der Waals surface area contributed by atoms with Crippen LogP contribution >= 0.6 is 12.4 Å². The number of carbonyl (C=O) groups is 1. The van der Waals surface area contributed by atoms with Crippen molar-refractivity contribution in [2.75, 3.05) is 26.2 Å². The molecular formula is C17H31ClN2O. The van der Waals surface area contributed by atoms with E-state index >= 15 is 0 Å². The lowest BCUT2D eigenvalue weighted by atomic mass is 9.49. The molecule has 4 saturated carbocycles. The number of amides is 1. The molecule has 0 heterocycles. The lowest BCUT2D eigenvalue weighted by Gasteiger charge is -2.55. The van der Waals surface area contributed by atoms with Crippen molar-refractivity contribution in [3.63, 3.8) is 0 Å². The first kappa shape index (κ1) is 17.1. The Labute approximate surface area is 135 Å². The van der Waals surface area contributed by atoms with E-state index in [9.17, 15) is 4.79 Å². The highest BCUT2D eigenvalue weighted by Gasteiger charge is 2.54. The fourth-order valence-electron chi connectivity index (χ4n) is 5.44. The summed E-state index contributed by atoms with van der Waals surface area (Å²) in [6.07, 6.45) is 7.76. The first-order valence-electron chi connectivity index (χ1n) is 8.66. The van der Waals surface area contributed by atoms with Gasteiger partial charge in [0, 0.05) is 18.5 Å². The topological polar surface area (TPSA) is 32.3 Å². The van der Waals surface area contributed by atoms with Gasteiger partial charge in [-0.3, -0.25) is 4.79 Å². The number of hydrogen-bond acceptors (Lipinski definition) is 2. The van der Waals surface area contributed by atoms with Crippen LogP contribution in [0.15, 0.2) is 0 Å². The molecule has 0 aromatic rings. The van der Waals surface area contributed by atoms with Crippen LogP contribution in [-0.4, -0.2) is 37.0 Å². The van der Waals surface area contributed by atoms with Crippen LogP contribution in [0.2, 0.25) is 0 Å². The van der Waals surface area contributed by atoms with Crippen molar-refractivity contribution in [2.24, 2.45) is 23.2 Å². The largest absolute Gasteiger partial charge is 0.354 e. The molecule has 4 aliphatic rings. The molecule has 1 N–H and O–H groups in total. The maximum atomic E-state index is 12.7. The van der Waals surface area contributed by atoms with Gasteiger partial charge in [-0.2, -0.15) is 0 Å². The molecule has 4 fully saturated rings. The molecule has 0 aromatic carbocycles. The van der Waals surface area contributed by atoms with Gasteiger partial charge in [0.25, 0.3) is 0 Å². The minimum absolute atomic E-state index is 0. The molecule has 4 rings (SSSR count). The highest BCUT2D eigenvalue weighted by molar-refractivity contribution is 5.85. The summed E-state index contributed by atoms with van der Waals surface area (Å²) in [5.74, 6) is 2.95. The Morgan fingerprint density at radius 3 is 1.95 bits per heavy atom. The van der Waals surface area contributed by atoms with Crippen molar-refractivity contribution in [3.8, 4) is 0 Å². The van der Waals surface area contributed by atoms with Gasteiger partial charge in [-0.05, 0) is 69.4 Å². The van der Waals surface area contributed by atoms with Crippen molar-refractivity contribution < 1.29 is 4.79 Å². The average Bonchev–Trinajstić information content (AvgIpc) is 2.42. The van der Waals surface area contributed by atoms with E-state index in [1.165, 1.54) is 38.5 Å². The Kier molecular flexibility index (Phi) is 5.59. The van der Waals surface area contributed by atoms with E-state index in [1.807, 2.05) is 0 Å². The van der Waals surface area contributed by atoms with Crippen LogP contribution in [0.1, 0.15) is 52.4 Å². The van der Waals surface area contributed by atoms with Crippen LogP contribution in [0.4, 0.5) is 0 Å². The molecule has 4 bridgehead atoms. The van der Waals surface area contributed by atoms with Crippen LogP contribution in [0.5, 0.6) is 0 Å². The second-order valence-electron chi connectivity index (χ2n) is 7.48. The van der Waals surface area contributed by atoms with Gasteiger partial charge in [0.2, 0.25) is 5.91 Å². The zero-order valence-electron chi connectivity index (χ0n) is 13.6. The summed E-state index contributed by atoms with van der Waals surface area (Å²) in [5.41, 5.74) is 0.0258. The quantitative estimate of drug-likeness (QED) is 0.817. The summed E-state index contributed by atoms with van der Waals surface area (Å²) < 4.78 is 0. The molecule has 0 aliphatic heterocycles. The highest BCUT2D eigenvalue weighted by Crippen LogP contribution is 2.60. The SMILES string of the molecule is CCN(CC)CCNC(=O)C12CC3CC(CC(C3)C1)C2.Cl. The first-order chi connectivity index (χ1) is 9.65. The zero-order valence-corrected chi connectivity index (χ0v) is 14.4. The van der Waals surface area contributed by atoms with Gasteiger partial charge in [-0.25, -0.2) is 0 Å². The Morgan fingerprint density at radius 2 is 1.52 bits per heavy atom. The van der Waals surface area contributed by atoms with Crippen LogP contribution in [0, 0.1) is 23.2 Å². The van der Waals surface area contributed by atoms with Gasteiger partial charge < -0.3 is 10.2 Å². The molecule has 3 nitrogen and oxygen atoms in total. The van der Waals surface area contributed by atoms with E-state index in [0.29, 0.717) is 5.91 Å². The second kappa shape index (κ2) is 6.87. The predicted octanol–water partition coefficient (Wildman–Crippen LogP) is 3.08. The highest BCUT2D eigenvalue weighted by atomic mass is 35.5. The standard InChI is InChI=1S/C17H30N2O.ClH/c1-3-19(4-2)6-5-18-16(20)17-10-13-7-14(11-17)9-15(8-13)12-17;/h13-15H,3-12H2,1-2H3,(H,18,20);1H. The van der Waals surface area contributed by atoms with E-state index in [1.54, 1.807) is 0 Å². The zero-order chi connectivity index (χ0) is 14.2. The third-order valence-electron chi connectivity index (χ3n) is 6.13. The molecule has 0 saturated heterocycles. The van der Waals surface area contributed by atoms with Crippen molar-refractivity contribution in [1.82, 2.24) is 10.2 Å². The van der Waals surface area contributed by atoms with Crippen LogP contribution in [-0.2, 0) is 4.79 Å². The smallest absolute Gasteiger partial charge is 0.226 e. The molecular weight excluding hydrogens is 284 g/mol. The molecule has 0 radical (unpaired) electrons. The summed E-state index contributed by atoms with van der Waals surface area (Å²) in [7, 11) is 0. The van der Waals surface area contributed by atoms with Crippen LogP contribution in [0.3, 0.4) is 0 Å². The minimum atomic E-state index is 0. The molecule has 0 aromatic heterocycles. The molecule has 122 valence electrons. The Bertz CT molecular complexity index is 333. The number of halogens is 1. The predicted molar refractivity (Wildman–Crippen MR) is 88.7 cm³/mol. The van der Waals surface area contributed by atoms with Gasteiger partial charge in [-0.15, -0.1) is 12.4 Å². The summed E-state index contributed by atoms with van der Waals surface area (Å²) in [6.45, 7) is 8.33. The van der Waals surface area contributed by atoms with E-state index in [-0.39, 0.29) is 17.8 Å². The van der Waals surface area contributed by atoms with Gasteiger partial charge in [0.1, 0.15) is 0 Å². The number of nitrogens with zero attached hydrogens (tertiary/aromatic N) is 1. The number of rotatable bonds is 6. The summed E-state index contributed by atoms with van der Waals surface area (Å²) in [4.78, 5) is 15.1. The normalized spacial score (nSPS) is 36.6. The van der Waals surface area contributed by atoms with Gasteiger partial charge in [0.15, 0.2) is 0 Å². The van der Waals surface area contributed by atoms with Gasteiger partial charge >= 0.3 is 0 Å². The number of hydrogen-bond donors (Lipinski definition) is 1. The first-order valence-corrected chi connectivity index (χ1v) is 8.66. The van der Waals surface area contributed by atoms with E-state index in [0.717, 1.165) is 43.9 Å². The van der Waals surface area contributed by atoms with Crippen LogP contribution < -0.4 is 5.32 Å². The van der Waals surface area contributed by atoms with E-state index in [4.69, 9.17) is 0 Å². The molecule has 4 heteroatoms. The maximum absolute atomic E-state index is 12.7. The number of likely N-dealkylation sites (N-methyl/N-ethyl adjacent to an activating group) is 1. The van der Waals surface area contributed by atoms with Crippen molar-refractivity contribution in [1.29, 1.82) is 0 Å². The molecule has 0 atom stereocenters. The van der Waals surface area contributed by atoms with Crippen molar-refractivity contribution in [2.45, 2.75) is 52.4 Å². The fraction of sp³-hybridized carbons (Fsp3) is 0.941. The van der Waals surface area contributed by atoms with Gasteiger partial charge in [0.05, 0.1) is 0 Å². The molecule has 0 unspecified atom stereocenters. The fourth-order valence-corrected chi connectivity index (χ4v) is 5.44.